The van der Waals surface area contributed by atoms with Crippen LogP contribution in [-0.2, 0) is 9.59 Å². The SMILES string of the molecule is C[C@H](NC(=O)CCC1CCCC1)C(=O)N[C@@H]1CN(C)c2ccccc2C(c2ccccc2)=N1. The van der Waals surface area contributed by atoms with Crippen molar-refractivity contribution >= 4 is 23.2 Å². The van der Waals surface area contributed by atoms with Crippen LogP contribution in [0.1, 0.15) is 56.6 Å². The Balaban J connectivity index is 1.44. The minimum atomic E-state index is -0.604. The van der Waals surface area contributed by atoms with Gasteiger partial charge >= 0.3 is 0 Å². The fourth-order valence-corrected chi connectivity index (χ4v) is 4.84. The predicted octanol–water partition coefficient (Wildman–Crippen LogP) is 3.89. The summed E-state index contributed by atoms with van der Waals surface area (Å²) in [5.41, 5.74) is 3.98. The first kappa shape index (κ1) is 23.0. The van der Waals surface area contributed by atoms with E-state index in [2.05, 4.69) is 27.7 Å². The molecule has 1 fully saturated rings. The topological polar surface area (TPSA) is 73.8 Å². The molecule has 2 aliphatic rings. The van der Waals surface area contributed by atoms with Crippen molar-refractivity contribution in [3.05, 3.63) is 65.7 Å². The van der Waals surface area contributed by atoms with E-state index >= 15 is 0 Å². The number of benzene rings is 2. The summed E-state index contributed by atoms with van der Waals surface area (Å²) in [4.78, 5) is 32.4. The van der Waals surface area contributed by atoms with Crippen LogP contribution in [0.15, 0.2) is 59.6 Å². The Morgan fingerprint density at radius 2 is 1.76 bits per heavy atom. The van der Waals surface area contributed by atoms with Gasteiger partial charge in [0, 0.05) is 30.3 Å². The fourth-order valence-electron chi connectivity index (χ4n) is 4.84. The molecule has 0 radical (unpaired) electrons. The number of hydrogen-bond donors (Lipinski definition) is 2. The third-order valence-corrected chi connectivity index (χ3v) is 6.68. The van der Waals surface area contributed by atoms with E-state index in [1.807, 2.05) is 49.5 Å². The van der Waals surface area contributed by atoms with E-state index in [-0.39, 0.29) is 11.8 Å². The number of hydrogen-bond acceptors (Lipinski definition) is 4. The van der Waals surface area contributed by atoms with Gasteiger partial charge < -0.3 is 15.5 Å². The third kappa shape index (κ3) is 5.81. The Bertz CT molecular complexity index is 998. The monoisotopic (exact) mass is 446 g/mol. The molecule has 1 aliphatic heterocycles. The lowest BCUT2D eigenvalue weighted by Gasteiger charge is -2.24. The van der Waals surface area contributed by atoms with Gasteiger partial charge in [-0.3, -0.25) is 14.6 Å². The zero-order valence-electron chi connectivity index (χ0n) is 19.6. The van der Waals surface area contributed by atoms with Crippen LogP contribution in [0.4, 0.5) is 5.69 Å². The van der Waals surface area contributed by atoms with Crippen molar-refractivity contribution in [2.24, 2.45) is 10.9 Å². The van der Waals surface area contributed by atoms with E-state index in [0.717, 1.165) is 28.9 Å². The molecule has 4 rings (SSSR count). The van der Waals surface area contributed by atoms with Gasteiger partial charge in [0.05, 0.1) is 12.3 Å². The molecule has 0 aromatic heterocycles. The van der Waals surface area contributed by atoms with E-state index in [1.165, 1.54) is 25.7 Å². The minimum Gasteiger partial charge on any atom is -0.370 e. The van der Waals surface area contributed by atoms with Crippen molar-refractivity contribution in [1.29, 1.82) is 0 Å². The summed E-state index contributed by atoms with van der Waals surface area (Å²) in [6.07, 6.45) is 5.97. The molecule has 0 bridgehead atoms. The van der Waals surface area contributed by atoms with Crippen molar-refractivity contribution in [3.63, 3.8) is 0 Å². The average Bonchev–Trinajstić information content (AvgIpc) is 3.30. The van der Waals surface area contributed by atoms with E-state index < -0.39 is 12.2 Å². The van der Waals surface area contributed by atoms with Crippen LogP contribution in [0.3, 0.4) is 0 Å². The van der Waals surface area contributed by atoms with Crippen LogP contribution < -0.4 is 15.5 Å². The van der Waals surface area contributed by atoms with Crippen molar-refractivity contribution in [1.82, 2.24) is 10.6 Å². The average molecular weight is 447 g/mol. The van der Waals surface area contributed by atoms with E-state index in [0.29, 0.717) is 18.9 Å². The minimum absolute atomic E-state index is 0.0524. The van der Waals surface area contributed by atoms with Gasteiger partial charge in [-0.1, -0.05) is 74.2 Å². The number of fused-ring (bicyclic) bond motifs is 1. The molecular formula is C27H34N4O2. The highest BCUT2D eigenvalue weighted by molar-refractivity contribution is 6.16. The zero-order valence-corrected chi connectivity index (χ0v) is 19.6. The predicted molar refractivity (Wildman–Crippen MR) is 133 cm³/mol. The number of carbonyl (C=O) groups excluding carboxylic acids is 2. The molecule has 1 saturated carbocycles. The van der Waals surface area contributed by atoms with Crippen LogP contribution in [0.25, 0.3) is 0 Å². The third-order valence-electron chi connectivity index (χ3n) is 6.68. The standard InChI is InChI=1S/C27H34N4O2/c1-19(28-25(32)17-16-20-10-6-7-11-20)27(33)30-24-18-31(2)23-15-9-8-14-22(23)26(29-24)21-12-4-3-5-13-21/h3-5,8-9,12-15,19-20,24H,6-7,10-11,16-18H2,1-2H3,(H,28,32)(H,30,33)/t19-,24+/m0/s1. The van der Waals surface area contributed by atoms with Gasteiger partial charge in [-0.05, 0) is 25.3 Å². The number of nitrogens with one attached hydrogen (secondary N) is 2. The molecule has 1 heterocycles. The highest BCUT2D eigenvalue weighted by Gasteiger charge is 2.26. The van der Waals surface area contributed by atoms with Gasteiger partial charge in [-0.25, -0.2) is 0 Å². The Kier molecular flexibility index (Phi) is 7.43. The lowest BCUT2D eigenvalue weighted by molar-refractivity contribution is -0.129. The Morgan fingerprint density at radius 3 is 2.52 bits per heavy atom. The quantitative estimate of drug-likeness (QED) is 0.678. The van der Waals surface area contributed by atoms with Crippen LogP contribution in [0, 0.1) is 5.92 Å². The number of benzodiazepines with no additional fused rings is 1. The van der Waals surface area contributed by atoms with Gasteiger partial charge in [0.15, 0.2) is 0 Å². The van der Waals surface area contributed by atoms with Gasteiger partial charge in [0.2, 0.25) is 11.8 Å². The Labute approximate surface area is 196 Å². The van der Waals surface area contributed by atoms with Crippen LogP contribution in [-0.4, -0.2) is 43.3 Å². The molecule has 2 amide bonds. The summed E-state index contributed by atoms with van der Waals surface area (Å²) in [6, 6.07) is 17.6. The molecule has 6 nitrogen and oxygen atoms in total. The summed E-state index contributed by atoms with van der Waals surface area (Å²) >= 11 is 0. The van der Waals surface area contributed by atoms with Crippen molar-refractivity contribution in [2.45, 2.75) is 57.7 Å². The molecule has 0 spiro atoms. The fraction of sp³-hybridized carbons (Fsp3) is 0.444. The Morgan fingerprint density at radius 1 is 1.06 bits per heavy atom. The van der Waals surface area contributed by atoms with Crippen LogP contribution >= 0.6 is 0 Å². The summed E-state index contributed by atoms with van der Waals surface area (Å²) in [6.45, 7) is 2.28. The smallest absolute Gasteiger partial charge is 0.243 e. The summed E-state index contributed by atoms with van der Waals surface area (Å²) in [5.74, 6) is 0.391. The molecule has 174 valence electrons. The van der Waals surface area contributed by atoms with Crippen molar-refractivity contribution in [3.8, 4) is 0 Å². The second-order valence-corrected chi connectivity index (χ2v) is 9.24. The molecule has 2 aromatic carbocycles. The number of para-hydroxylation sites is 1. The number of rotatable bonds is 7. The summed E-state index contributed by atoms with van der Waals surface area (Å²) < 4.78 is 0. The van der Waals surface area contributed by atoms with Gasteiger partial charge in [0.25, 0.3) is 0 Å². The first-order chi connectivity index (χ1) is 16.0. The number of carbonyl (C=O) groups is 2. The van der Waals surface area contributed by atoms with Crippen LogP contribution in [0.5, 0.6) is 0 Å². The second kappa shape index (κ2) is 10.6. The van der Waals surface area contributed by atoms with Crippen molar-refractivity contribution in [2.75, 3.05) is 18.5 Å². The number of anilines is 1. The highest BCUT2D eigenvalue weighted by atomic mass is 16.2. The molecule has 2 aromatic rings. The van der Waals surface area contributed by atoms with E-state index in [9.17, 15) is 9.59 Å². The first-order valence-corrected chi connectivity index (χ1v) is 12.0. The molecule has 0 unspecified atom stereocenters. The lowest BCUT2D eigenvalue weighted by Crippen LogP contribution is -2.50. The molecular weight excluding hydrogens is 412 g/mol. The highest BCUT2D eigenvalue weighted by Crippen LogP contribution is 2.28. The molecule has 1 aliphatic carbocycles. The number of amides is 2. The number of aliphatic imine (C=N–C) groups is 1. The van der Waals surface area contributed by atoms with Gasteiger partial charge in [-0.2, -0.15) is 0 Å². The van der Waals surface area contributed by atoms with Crippen LogP contribution in [0.2, 0.25) is 0 Å². The molecule has 0 saturated heterocycles. The maximum absolute atomic E-state index is 12.9. The van der Waals surface area contributed by atoms with E-state index in [4.69, 9.17) is 4.99 Å². The molecule has 6 heteroatoms. The molecule has 33 heavy (non-hydrogen) atoms. The first-order valence-electron chi connectivity index (χ1n) is 12.0. The summed E-state index contributed by atoms with van der Waals surface area (Å²) in [7, 11) is 2.01. The molecule has 2 atom stereocenters. The second-order valence-electron chi connectivity index (χ2n) is 9.24. The zero-order chi connectivity index (χ0) is 23.2. The Hall–Kier alpha value is -3.15. The summed E-state index contributed by atoms with van der Waals surface area (Å²) in [5, 5.41) is 5.91. The lowest BCUT2D eigenvalue weighted by atomic mass is 10.0. The van der Waals surface area contributed by atoms with Gasteiger partial charge in [-0.15, -0.1) is 0 Å². The molecule has 2 N–H and O–H groups in total. The van der Waals surface area contributed by atoms with Gasteiger partial charge in [0.1, 0.15) is 12.2 Å². The van der Waals surface area contributed by atoms with E-state index in [1.54, 1.807) is 6.92 Å². The number of likely N-dealkylation sites (N-methyl/N-ethyl adjacent to an activating group) is 1. The number of nitrogens with zero attached hydrogens (tertiary/aromatic N) is 2. The maximum Gasteiger partial charge on any atom is 0.243 e. The largest absolute Gasteiger partial charge is 0.370 e. The maximum atomic E-state index is 12.9. The van der Waals surface area contributed by atoms with Crippen molar-refractivity contribution < 1.29 is 9.59 Å². The normalized spacial score (nSPS) is 19.3.